The number of halogens is 1. The molecule has 0 aliphatic carbocycles. The van der Waals surface area contributed by atoms with Gasteiger partial charge in [0.1, 0.15) is 11.6 Å². The van der Waals surface area contributed by atoms with Crippen LogP contribution in [0, 0.1) is 5.82 Å². The van der Waals surface area contributed by atoms with E-state index in [0.717, 1.165) is 27.7 Å². The van der Waals surface area contributed by atoms with E-state index in [1.54, 1.807) is 19.2 Å². The van der Waals surface area contributed by atoms with Crippen LogP contribution < -0.4 is 10.1 Å². The van der Waals surface area contributed by atoms with Crippen molar-refractivity contribution < 1.29 is 13.9 Å². The second-order valence-electron chi connectivity index (χ2n) is 6.78. The first-order valence-corrected chi connectivity index (χ1v) is 9.44. The summed E-state index contributed by atoms with van der Waals surface area (Å²) in [6, 6.07) is 21.7. The fourth-order valence-electron chi connectivity index (χ4n) is 3.52. The van der Waals surface area contributed by atoms with Gasteiger partial charge in [-0.15, -0.1) is 0 Å². The van der Waals surface area contributed by atoms with Crippen molar-refractivity contribution in [3.8, 4) is 17.0 Å². The van der Waals surface area contributed by atoms with Crippen molar-refractivity contribution in [1.82, 2.24) is 4.98 Å². The van der Waals surface area contributed by atoms with Gasteiger partial charge in [0.15, 0.2) is 0 Å². The number of nitrogens with one attached hydrogen (secondary N) is 2. The van der Waals surface area contributed by atoms with Gasteiger partial charge in [-0.2, -0.15) is 0 Å². The van der Waals surface area contributed by atoms with E-state index in [1.165, 1.54) is 12.1 Å². The second kappa shape index (κ2) is 8.19. The zero-order valence-corrected chi connectivity index (χ0v) is 16.0. The molecular formula is C24H21FN2O2. The number of anilines is 1. The molecule has 3 aromatic carbocycles. The Hall–Kier alpha value is -3.60. The van der Waals surface area contributed by atoms with Gasteiger partial charge in [0.05, 0.1) is 12.8 Å². The van der Waals surface area contributed by atoms with E-state index in [1.807, 2.05) is 48.5 Å². The third-order valence-corrected chi connectivity index (χ3v) is 4.93. The van der Waals surface area contributed by atoms with Crippen LogP contribution in [0.25, 0.3) is 22.2 Å². The lowest BCUT2D eigenvalue weighted by Gasteiger charge is -2.10. The molecule has 4 nitrogen and oxygen atoms in total. The quantitative estimate of drug-likeness (QED) is 0.455. The number of hydrogen-bond donors (Lipinski definition) is 2. The number of benzene rings is 3. The molecule has 146 valence electrons. The van der Waals surface area contributed by atoms with Crippen LogP contribution >= 0.6 is 0 Å². The number of ether oxygens (including phenoxy) is 1. The van der Waals surface area contributed by atoms with E-state index in [-0.39, 0.29) is 11.7 Å². The Labute approximate surface area is 168 Å². The molecule has 5 heteroatoms. The number of aryl methyl sites for hydroxylation is 1. The second-order valence-corrected chi connectivity index (χ2v) is 6.78. The van der Waals surface area contributed by atoms with Crippen molar-refractivity contribution in [1.29, 1.82) is 0 Å². The van der Waals surface area contributed by atoms with Crippen molar-refractivity contribution in [2.45, 2.75) is 12.8 Å². The number of hydrogen-bond acceptors (Lipinski definition) is 2. The minimum Gasteiger partial charge on any atom is -0.495 e. The minimum atomic E-state index is -0.275. The highest BCUT2D eigenvalue weighted by molar-refractivity contribution is 5.94. The van der Waals surface area contributed by atoms with Crippen molar-refractivity contribution in [3.63, 3.8) is 0 Å². The minimum absolute atomic E-state index is 0.0927. The molecular weight excluding hydrogens is 367 g/mol. The Morgan fingerprint density at radius 2 is 1.72 bits per heavy atom. The number of carbonyl (C=O) groups is 1. The largest absolute Gasteiger partial charge is 0.495 e. The van der Waals surface area contributed by atoms with Gasteiger partial charge in [-0.1, -0.05) is 30.3 Å². The van der Waals surface area contributed by atoms with E-state index in [4.69, 9.17) is 4.74 Å². The van der Waals surface area contributed by atoms with Crippen LogP contribution in [-0.2, 0) is 11.2 Å². The number of H-pyrrole nitrogens is 1. The third-order valence-electron chi connectivity index (χ3n) is 4.93. The Kier molecular flexibility index (Phi) is 5.29. The number of methoxy groups -OCH3 is 1. The van der Waals surface area contributed by atoms with Gasteiger partial charge in [-0.3, -0.25) is 4.79 Å². The molecule has 0 aliphatic rings. The van der Waals surface area contributed by atoms with E-state index in [9.17, 15) is 9.18 Å². The van der Waals surface area contributed by atoms with E-state index in [0.29, 0.717) is 24.3 Å². The smallest absolute Gasteiger partial charge is 0.224 e. The highest BCUT2D eigenvalue weighted by Gasteiger charge is 2.15. The third kappa shape index (κ3) is 3.99. The van der Waals surface area contributed by atoms with Gasteiger partial charge in [0, 0.05) is 23.0 Å². The molecule has 4 rings (SSSR count). The summed E-state index contributed by atoms with van der Waals surface area (Å²) in [5, 5.41) is 3.98. The van der Waals surface area contributed by atoms with Gasteiger partial charge in [0.25, 0.3) is 0 Å². The van der Waals surface area contributed by atoms with Crippen molar-refractivity contribution >= 4 is 22.5 Å². The number of aromatic amines is 1. The average molecular weight is 388 g/mol. The highest BCUT2D eigenvalue weighted by atomic mass is 19.1. The maximum atomic E-state index is 13.4. The molecule has 1 amide bonds. The predicted molar refractivity (Wildman–Crippen MR) is 114 cm³/mol. The summed E-state index contributed by atoms with van der Waals surface area (Å²) in [6.07, 6.45) is 0.867. The van der Waals surface area contributed by atoms with Gasteiger partial charge < -0.3 is 15.0 Å². The summed E-state index contributed by atoms with van der Waals surface area (Å²) >= 11 is 0. The lowest BCUT2D eigenvalue weighted by atomic mass is 10.0. The lowest BCUT2D eigenvalue weighted by Crippen LogP contribution is -2.13. The number of para-hydroxylation sites is 3. The molecule has 4 aromatic rings. The fraction of sp³-hybridized carbons (Fsp3) is 0.125. The molecule has 0 saturated heterocycles. The molecule has 0 bridgehead atoms. The molecule has 29 heavy (non-hydrogen) atoms. The topological polar surface area (TPSA) is 54.1 Å². The first-order chi connectivity index (χ1) is 14.2. The zero-order chi connectivity index (χ0) is 20.2. The monoisotopic (exact) mass is 388 g/mol. The van der Waals surface area contributed by atoms with E-state index in [2.05, 4.69) is 10.3 Å². The summed E-state index contributed by atoms with van der Waals surface area (Å²) in [6.45, 7) is 0. The van der Waals surface area contributed by atoms with Gasteiger partial charge in [0.2, 0.25) is 5.91 Å². The highest BCUT2D eigenvalue weighted by Crippen LogP contribution is 2.32. The van der Waals surface area contributed by atoms with E-state index < -0.39 is 0 Å². The van der Waals surface area contributed by atoms with Crippen molar-refractivity contribution in [3.05, 3.63) is 84.2 Å². The maximum absolute atomic E-state index is 13.4. The molecule has 0 aliphatic heterocycles. The van der Waals surface area contributed by atoms with Gasteiger partial charge in [-0.25, -0.2) is 4.39 Å². The number of fused-ring (bicyclic) bond motifs is 1. The standard InChI is InChI=1S/C24H21FN2O2/c1-29-22-9-5-4-8-21(22)26-23(28)15-14-19-18-6-2-3-7-20(18)27-24(19)16-10-12-17(25)13-11-16/h2-13,27H,14-15H2,1H3,(H,26,28). The van der Waals surface area contributed by atoms with Crippen LogP contribution in [0.15, 0.2) is 72.8 Å². The van der Waals surface area contributed by atoms with Crippen LogP contribution in [0.3, 0.4) is 0 Å². The Morgan fingerprint density at radius 3 is 2.52 bits per heavy atom. The van der Waals surface area contributed by atoms with Gasteiger partial charge in [-0.05, 0) is 60.0 Å². The Bertz CT molecular complexity index is 1150. The maximum Gasteiger partial charge on any atom is 0.224 e. The first kappa shape index (κ1) is 18.7. The molecule has 1 aromatic heterocycles. The molecule has 0 saturated carbocycles. The first-order valence-electron chi connectivity index (χ1n) is 9.44. The number of aromatic nitrogens is 1. The van der Waals surface area contributed by atoms with Crippen LogP contribution in [0.5, 0.6) is 5.75 Å². The molecule has 0 spiro atoms. The van der Waals surface area contributed by atoms with Crippen molar-refractivity contribution in [2.75, 3.05) is 12.4 Å². The molecule has 1 heterocycles. The fourth-order valence-corrected chi connectivity index (χ4v) is 3.52. The summed E-state index contributed by atoms with van der Waals surface area (Å²) in [5.41, 5.74) is 4.49. The summed E-state index contributed by atoms with van der Waals surface area (Å²) in [7, 11) is 1.58. The Morgan fingerprint density at radius 1 is 1.00 bits per heavy atom. The van der Waals surface area contributed by atoms with E-state index >= 15 is 0 Å². The lowest BCUT2D eigenvalue weighted by molar-refractivity contribution is -0.116. The SMILES string of the molecule is COc1ccccc1NC(=O)CCc1c(-c2ccc(F)cc2)[nH]c2ccccc12. The van der Waals surface area contributed by atoms with Crippen LogP contribution in [0.1, 0.15) is 12.0 Å². The van der Waals surface area contributed by atoms with Crippen LogP contribution in [0.2, 0.25) is 0 Å². The average Bonchev–Trinajstić information content (AvgIpc) is 3.12. The summed E-state index contributed by atoms with van der Waals surface area (Å²) < 4.78 is 18.6. The summed E-state index contributed by atoms with van der Waals surface area (Å²) in [4.78, 5) is 16.0. The van der Waals surface area contributed by atoms with Crippen LogP contribution in [0.4, 0.5) is 10.1 Å². The molecule has 0 fully saturated rings. The molecule has 0 unspecified atom stereocenters. The predicted octanol–water partition coefficient (Wildman–Crippen LogP) is 5.55. The Balaban J connectivity index is 1.59. The number of rotatable bonds is 6. The van der Waals surface area contributed by atoms with Crippen LogP contribution in [-0.4, -0.2) is 18.0 Å². The normalized spacial score (nSPS) is 10.8. The number of carbonyl (C=O) groups excluding carboxylic acids is 1. The molecule has 0 atom stereocenters. The van der Waals surface area contributed by atoms with Gasteiger partial charge >= 0.3 is 0 Å². The number of amides is 1. The molecule has 2 N–H and O–H groups in total. The molecule has 0 radical (unpaired) electrons. The zero-order valence-electron chi connectivity index (χ0n) is 16.0. The van der Waals surface area contributed by atoms with Crippen molar-refractivity contribution in [2.24, 2.45) is 0 Å². The summed E-state index contributed by atoms with van der Waals surface area (Å²) in [5.74, 6) is 0.257.